The van der Waals surface area contributed by atoms with E-state index in [0.717, 1.165) is 22.5 Å². The van der Waals surface area contributed by atoms with Crippen LogP contribution < -0.4 is 15.2 Å². The minimum atomic E-state index is -1.97. The molecule has 8 nitrogen and oxygen atoms in total. The van der Waals surface area contributed by atoms with Crippen LogP contribution in [-0.2, 0) is 22.6 Å². The lowest BCUT2D eigenvalue weighted by atomic mass is 9.84. The smallest absolute Gasteiger partial charge is 0.297 e. The monoisotopic (exact) mass is 680 g/mol. The highest BCUT2D eigenvalue weighted by Gasteiger charge is 2.66. The predicted molar refractivity (Wildman–Crippen MR) is 180 cm³/mol. The van der Waals surface area contributed by atoms with Crippen molar-refractivity contribution >= 4 is 68.3 Å². The molecule has 0 bridgehead atoms. The fourth-order valence-electron chi connectivity index (χ4n) is 6.35. The summed E-state index contributed by atoms with van der Waals surface area (Å²) in [5.41, 5.74) is 0.537. The Morgan fingerprint density at radius 1 is 0.957 bits per heavy atom. The van der Waals surface area contributed by atoms with Gasteiger partial charge in [0.2, 0.25) is 10.9 Å². The lowest BCUT2D eigenvalue weighted by Crippen LogP contribution is -2.53. The van der Waals surface area contributed by atoms with Gasteiger partial charge in [-0.25, -0.2) is 4.39 Å². The molecule has 4 heterocycles. The fraction of sp³-hybridized carbons (Fsp3) is 0.114. The molecule has 0 aliphatic carbocycles. The molecular formula is C35H22ClFN4O4S2. The first-order valence-electron chi connectivity index (χ1n) is 14.6. The van der Waals surface area contributed by atoms with Crippen molar-refractivity contribution in [2.75, 3.05) is 9.80 Å². The predicted octanol–water partition coefficient (Wildman–Crippen LogP) is 7.49. The number of thioether (sulfide) groups is 1. The van der Waals surface area contributed by atoms with Gasteiger partial charge in [-0.3, -0.25) is 19.3 Å². The van der Waals surface area contributed by atoms with Crippen LogP contribution in [0.25, 0.3) is 11.0 Å². The van der Waals surface area contributed by atoms with Crippen LogP contribution in [0.15, 0.2) is 105 Å². The van der Waals surface area contributed by atoms with Crippen LogP contribution in [0.5, 0.6) is 0 Å². The van der Waals surface area contributed by atoms with Crippen LogP contribution in [0.4, 0.5) is 15.2 Å². The minimum Gasteiger partial charge on any atom is -0.450 e. The first-order chi connectivity index (χ1) is 22.8. The van der Waals surface area contributed by atoms with E-state index in [1.807, 2.05) is 25.1 Å². The number of aromatic nitrogens is 2. The third-order valence-electron chi connectivity index (χ3n) is 8.40. The number of rotatable bonds is 6. The Labute approximate surface area is 280 Å². The van der Waals surface area contributed by atoms with E-state index in [1.165, 1.54) is 27.6 Å². The summed E-state index contributed by atoms with van der Waals surface area (Å²) in [5.74, 6) is -1.48. The van der Waals surface area contributed by atoms with Gasteiger partial charge in [-0.05, 0) is 48.9 Å². The number of nitrogens with zero attached hydrogens (tertiary/aromatic N) is 4. The summed E-state index contributed by atoms with van der Waals surface area (Å²) in [6.07, 6.45) is 0. The molecule has 0 fully saturated rings. The van der Waals surface area contributed by atoms with Crippen molar-refractivity contribution in [2.45, 2.75) is 29.1 Å². The molecule has 232 valence electrons. The molecule has 4 aromatic carbocycles. The molecule has 1 atom stereocenters. The average Bonchev–Trinajstić information content (AvgIpc) is 3.70. The number of amides is 2. The van der Waals surface area contributed by atoms with Gasteiger partial charge in [0.15, 0.2) is 15.3 Å². The molecular weight excluding hydrogens is 659 g/mol. The van der Waals surface area contributed by atoms with E-state index in [-0.39, 0.29) is 39.5 Å². The second-order valence-corrected chi connectivity index (χ2v) is 13.9. The Morgan fingerprint density at radius 3 is 2.60 bits per heavy atom. The molecule has 2 aliphatic heterocycles. The van der Waals surface area contributed by atoms with Gasteiger partial charge in [0.25, 0.3) is 11.8 Å². The maximum absolute atomic E-state index is 15.1. The van der Waals surface area contributed by atoms with Gasteiger partial charge in [0.1, 0.15) is 11.4 Å². The molecule has 6 aromatic rings. The van der Waals surface area contributed by atoms with Gasteiger partial charge in [-0.1, -0.05) is 94.9 Å². The number of aryl methyl sites for hydroxylation is 1. The van der Waals surface area contributed by atoms with E-state index < -0.39 is 28.6 Å². The first kappa shape index (κ1) is 29.6. The van der Waals surface area contributed by atoms with E-state index in [1.54, 1.807) is 66.7 Å². The molecule has 1 unspecified atom stereocenters. The van der Waals surface area contributed by atoms with Crippen LogP contribution >= 0.6 is 34.7 Å². The summed E-state index contributed by atoms with van der Waals surface area (Å²) in [5, 5.41) is 9.69. The molecule has 0 radical (unpaired) electrons. The van der Waals surface area contributed by atoms with Crippen LogP contribution in [0.2, 0.25) is 5.02 Å². The van der Waals surface area contributed by atoms with Crippen molar-refractivity contribution in [3.63, 3.8) is 0 Å². The number of carbonyl (C=O) groups excluding carboxylic acids is 2. The normalized spacial score (nSPS) is 16.8. The standard InChI is InChI=1S/C35H22ClFN4O4S2/c1-19-13-14-27-23(15-19)29(42)28-30(45-27)31(43)41(33-38-39-34(47-33)46-18-20-7-6-9-22(36)16-20)35(28)24-10-3-5-12-26(24)40(32(35)44)17-21-8-2-4-11-25(21)37/h2-16H,17-18H2,1H3. The SMILES string of the molecule is Cc1ccc2oc3c(c(=O)c2c1)C1(C(=O)N(Cc2ccccc2F)c2ccccc21)N(c1nnc(SCc2cccc(Cl)c2)s1)C3=O. The molecule has 12 heteroatoms. The number of carbonyl (C=O) groups is 2. The summed E-state index contributed by atoms with van der Waals surface area (Å²) >= 11 is 8.69. The van der Waals surface area contributed by atoms with E-state index in [0.29, 0.717) is 26.4 Å². The third kappa shape index (κ3) is 4.52. The maximum atomic E-state index is 15.1. The van der Waals surface area contributed by atoms with Gasteiger partial charge in [-0.2, -0.15) is 0 Å². The molecule has 2 aromatic heterocycles. The van der Waals surface area contributed by atoms with Gasteiger partial charge in [-0.15, -0.1) is 10.2 Å². The van der Waals surface area contributed by atoms with Crippen LogP contribution in [0, 0.1) is 12.7 Å². The van der Waals surface area contributed by atoms with Gasteiger partial charge in [0.05, 0.1) is 23.2 Å². The quantitative estimate of drug-likeness (QED) is 0.133. The molecule has 47 heavy (non-hydrogen) atoms. The van der Waals surface area contributed by atoms with Crippen LogP contribution in [0.1, 0.15) is 38.4 Å². The summed E-state index contributed by atoms with van der Waals surface area (Å²) in [6, 6.07) is 25.7. The van der Waals surface area contributed by atoms with Crippen molar-refractivity contribution in [2.24, 2.45) is 0 Å². The third-order valence-corrected chi connectivity index (χ3v) is 10.8. The number of hydrogen-bond acceptors (Lipinski definition) is 8. The molecule has 2 amide bonds. The number of anilines is 2. The first-order valence-corrected chi connectivity index (χ1v) is 16.7. The van der Waals surface area contributed by atoms with Crippen molar-refractivity contribution in [1.82, 2.24) is 10.2 Å². The lowest BCUT2D eigenvalue weighted by Gasteiger charge is -2.32. The molecule has 0 saturated heterocycles. The molecule has 2 aliphatic rings. The number of halogens is 2. The molecule has 0 N–H and O–H groups in total. The van der Waals surface area contributed by atoms with E-state index in [2.05, 4.69) is 10.2 Å². The highest BCUT2D eigenvalue weighted by Crippen LogP contribution is 2.55. The summed E-state index contributed by atoms with van der Waals surface area (Å²) in [7, 11) is 0. The van der Waals surface area contributed by atoms with Gasteiger partial charge in [0, 0.05) is 21.9 Å². The largest absolute Gasteiger partial charge is 0.450 e. The van der Waals surface area contributed by atoms with E-state index in [4.69, 9.17) is 16.0 Å². The second-order valence-electron chi connectivity index (χ2n) is 11.3. The molecule has 0 saturated carbocycles. The Hall–Kier alpha value is -4.84. The fourth-order valence-corrected chi connectivity index (χ4v) is 8.40. The molecule has 1 spiro atoms. The zero-order valence-corrected chi connectivity index (χ0v) is 27.0. The Balaban J connectivity index is 1.33. The zero-order valence-electron chi connectivity index (χ0n) is 24.6. The minimum absolute atomic E-state index is 0.0996. The van der Waals surface area contributed by atoms with Crippen LogP contribution in [0.3, 0.4) is 0 Å². The number of fused-ring (bicyclic) bond motifs is 5. The van der Waals surface area contributed by atoms with Crippen molar-refractivity contribution in [1.29, 1.82) is 0 Å². The Kier molecular flexibility index (Phi) is 7.01. The van der Waals surface area contributed by atoms with Gasteiger partial charge < -0.3 is 9.32 Å². The Bertz CT molecular complexity index is 2340. The number of hydrogen-bond donors (Lipinski definition) is 0. The van der Waals surface area contributed by atoms with Crippen LogP contribution in [-0.4, -0.2) is 22.0 Å². The Morgan fingerprint density at radius 2 is 1.77 bits per heavy atom. The van der Waals surface area contributed by atoms with E-state index in [9.17, 15) is 14.0 Å². The van der Waals surface area contributed by atoms with E-state index >= 15 is 4.79 Å². The van der Waals surface area contributed by atoms with Crippen molar-refractivity contribution in [3.05, 3.63) is 146 Å². The topological polar surface area (TPSA) is 96.6 Å². The van der Waals surface area contributed by atoms with Gasteiger partial charge >= 0.3 is 0 Å². The summed E-state index contributed by atoms with van der Waals surface area (Å²) in [6.45, 7) is 1.71. The molecule has 8 rings (SSSR count). The average molecular weight is 681 g/mol. The number of benzene rings is 4. The zero-order chi connectivity index (χ0) is 32.4. The number of para-hydroxylation sites is 1. The lowest BCUT2D eigenvalue weighted by molar-refractivity contribution is -0.121. The van der Waals surface area contributed by atoms with Crippen molar-refractivity contribution in [3.8, 4) is 0 Å². The summed E-state index contributed by atoms with van der Waals surface area (Å²) < 4.78 is 21.7. The van der Waals surface area contributed by atoms with Crippen molar-refractivity contribution < 1.29 is 18.4 Å². The maximum Gasteiger partial charge on any atom is 0.297 e. The highest BCUT2D eigenvalue weighted by molar-refractivity contribution is 8.00. The highest BCUT2D eigenvalue weighted by atomic mass is 35.5. The second kappa shape index (κ2) is 11.2. The summed E-state index contributed by atoms with van der Waals surface area (Å²) in [4.78, 5) is 46.7.